The van der Waals surface area contributed by atoms with Crippen LogP contribution in [0, 0.1) is 5.82 Å². The molecule has 0 aliphatic carbocycles. The monoisotopic (exact) mass is 697 g/mol. The van der Waals surface area contributed by atoms with Crippen molar-refractivity contribution < 1.29 is 18.7 Å². The lowest BCUT2D eigenvalue weighted by Gasteiger charge is -2.26. The first-order valence-corrected chi connectivity index (χ1v) is 18.8. The molecule has 2 fully saturated rings. The summed E-state index contributed by atoms with van der Waals surface area (Å²) in [6.07, 6.45) is 9.03. The Balaban J connectivity index is 1.01. The lowest BCUT2D eigenvalue weighted by molar-refractivity contribution is -0.122. The van der Waals surface area contributed by atoms with Gasteiger partial charge in [-0.1, -0.05) is 37.6 Å². The number of carbonyl (C=O) groups excluding carboxylic acids is 2. The van der Waals surface area contributed by atoms with E-state index in [0.717, 1.165) is 97.8 Å². The van der Waals surface area contributed by atoms with E-state index in [1.54, 1.807) is 6.07 Å². The standard InChI is InChI=1S/C40H52FN7O3/c1-3-36-33(39(45-31-16-20-51-21-17-31)34-26-44-48(4-2)40(34)46-36)25-43-38(50)13-9-12-37(49)42-24-28-14-15-35(41)32(23-28)30-11-8-10-29(22-30)27-47-18-6-5-7-19-47/h8,10-11,14-15,22-23,26,31H,3-7,9,12-13,16-21,24-25,27H2,1-2H3,(H,42,49)(H,43,50)(H,45,46). The van der Waals surface area contributed by atoms with Gasteiger partial charge in [0, 0.05) is 75.1 Å². The smallest absolute Gasteiger partial charge is 0.220 e. The van der Waals surface area contributed by atoms with Crippen LogP contribution in [0.4, 0.5) is 10.1 Å². The molecule has 2 aromatic carbocycles. The summed E-state index contributed by atoms with van der Waals surface area (Å²) in [7, 11) is 0. The number of halogens is 1. The highest BCUT2D eigenvalue weighted by Gasteiger charge is 2.22. The SMILES string of the molecule is CCc1nc2c(cnn2CC)c(NC2CCOCC2)c1CNC(=O)CCCC(=O)NCc1ccc(F)c(-c2cccc(CN3CCCCC3)c2)c1. The summed E-state index contributed by atoms with van der Waals surface area (Å²) in [5, 5.41) is 15.3. The first-order chi connectivity index (χ1) is 24.9. The number of anilines is 1. The quantitative estimate of drug-likeness (QED) is 0.130. The summed E-state index contributed by atoms with van der Waals surface area (Å²) in [5.41, 5.74) is 7.11. The van der Waals surface area contributed by atoms with E-state index in [-0.39, 0.29) is 36.5 Å². The van der Waals surface area contributed by atoms with Crippen LogP contribution >= 0.6 is 0 Å². The third kappa shape index (κ3) is 9.51. The van der Waals surface area contributed by atoms with Gasteiger partial charge in [-0.3, -0.25) is 14.5 Å². The van der Waals surface area contributed by atoms with E-state index in [1.807, 2.05) is 29.1 Å². The van der Waals surface area contributed by atoms with Gasteiger partial charge < -0.3 is 20.7 Å². The second-order valence-corrected chi connectivity index (χ2v) is 13.8. The van der Waals surface area contributed by atoms with Crippen molar-refractivity contribution in [3.63, 3.8) is 0 Å². The van der Waals surface area contributed by atoms with Crippen molar-refractivity contribution in [2.75, 3.05) is 31.6 Å². The van der Waals surface area contributed by atoms with Gasteiger partial charge in [-0.05, 0) is 93.4 Å². The summed E-state index contributed by atoms with van der Waals surface area (Å²) < 4.78 is 22.4. The Hall–Kier alpha value is -4.35. The maximum absolute atomic E-state index is 15.0. The molecule has 2 saturated heterocycles. The first-order valence-electron chi connectivity index (χ1n) is 18.8. The van der Waals surface area contributed by atoms with Crippen molar-refractivity contribution in [3.8, 4) is 11.1 Å². The number of piperidine rings is 1. The molecule has 11 heteroatoms. The number of ether oxygens (including phenoxy) is 1. The molecule has 4 heterocycles. The summed E-state index contributed by atoms with van der Waals surface area (Å²) in [6, 6.07) is 13.4. The predicted octanol–water partition coefficient (Wildman–Crippen LogP) is 6.50. The van der Waals surface area contributed by atoms with Crippen LogP contribution in [0.3, 0.4) is 0 Å². The summed E-state index contributed by atoms with van der Waals surface area (Å²) in [6.45, 7) is 10.0. The van der Waals surface area contributed by atoms with Crippen molar-refractivity contribution >= 4 is 28.5 Å². The molecule has 0 bridgehead atoms. The fraction of sp³-hybridized carbons (Fsp3) is 0.500. The number of fused-ring (bicyclic) bond motifs is 1. The second-order valence-electron chi connectivity index (χ2n) is 13.8. The average molecular weight is 698 g/mol. The van der Waals surface area contributed by atoms with Crippen LogP contribution in [0.25, 0.3) is 22.2 Å². The van der Waals surface area contributed by atoms with E-state index in [4.69, 9.17) is 9.72 Å². The van der Waals surface area contributed by atoms with Crippen molar-refractivity contribution in [3.05, 3.63) is 76.9 Å². The van der Waals surface area contributed by atoms with Crippen LogP contribution in [-0.2, 0) is 46.9 Å². The lowest BCUT2D eigenvalue weighted by Crippen LogP contribution is -2.30. The molecular weight excluding hydrogens is 645 g/mol. The molecule has 2 aliphatic rings. The molecule has 2 aromatic heterocycles. The highest BCUT2D eigenvalue weighted by molar-refractivity contribution is 5.92. The van der Waals surface area contributed by atoms with Gasteiger partial charge in [-0.15, -0.1) is 0 Å². The van der Waals surface area contributed by atoms with Crippen molar-refractivity contribution in [2.24, 2.45) is 0 Å². The van der Waals surface area contributed by atoms with Crippen LogP contribution in [0.15, 0.2) is 48.7 Å². The molecule has 51 heavy (non-hydrogen) atoms. The van der Waals surface area contributed by atoms with Gasteiger partial charge in [-0.2, -0.15) is 5.10 Å². The number of aromatic nitrogens is 3. The van der Waals surface area contributed by atoms with Gasteiger partial charge in [0.25, 0.3) is 0 Å². The van der Waals surface area contributed by atoms with Crippen molar-refractivity contribution in [1.29, 1.82) is 0 Å². The Kier molecular flexibility index (Phi) is 12.7. The van der Waals surface area contributed by atoms with Crippen molar-refractivity contribution in [2.45, 2.75) is 104 Å². The zero-order valence-corrected chi connectivity index (χ0v) is 30.1. The largest absolute Gasteiger partial charge is 0.381 e. The number of pyridine rings is 1. The fourth-order valence-electron chi connectivity index (χ4n) is 7.19. The summed E-state index contributed by atoms with van der Waals surface area (Å²) in [4.78, 5) is 33.1. The van der Waals surface area contributed by atoms with Gasteiger partial charge in [-0.25, -0.2) is 14.1 Å². The fourth-order valence-corrected chi connectivity index (χ4v) is 7.19. The zero-order valence-electron chi connectivity index (χ0n) is 30.1. The molecular formula is C40H52FN7O3. The predicted molar refractivity (Wildman–Crippen MR) is 199 cm³/mol. The number of benzene rings is 2. The number of nitrogens with one attached hydrogen (secondary N) is 3. The molecule has 272 valence electrons. The Labute approximate surface area is 300 Å². The number of hydrogen-bond acceptors (Lipinski definition) is 7. The van der Waals surface area contributed by atoms with Crippen LogP contribution in [0.1, 0.15) is 87.6 Å². The number of rotatable bonds is 15. The summed E-state index contributed by atoms with van der Waals surface area (Å²) >= 11 is 0. The number of aryl methyl sites for hydroxylation is 2. The Morgan fingerprint density at radius 1 is 0.941 bits per heavy atom. The lowest BCUT2D eigenvalue weighted by atomic mass is 9.99. The zero-order chi connectivity index (χ0) is 35.6. The third-order valence-corrected chi connectivity index (χ3v) is 10.1. The van der Waals surface area contributed by atoms with E-state index < -0.39 is 0 Å². The number of carbonyl (C=O) groups is 2. The highest BCUT2D eigenvalue weighted by atomic mass is 19.1. The Bertz CT molecular complexity index is 1800. The van der Waals surface area contributed by atoms with Gasteiger partial charge in [0.1, 0.15) is 5.82 Å². The van der Waals surface area contributed by atoms with E-state index in [9.17, 15) is 14.0 Å². The molecule has 3 N–H and O–H groups in total. The minimum atomic E-state index is -0.282. The maximum atomic E-state index is 15.0. The molecule has 0 saturated carbocycles. The number of nitrogens with zero attached hydrogens (tertiary/aromatic N) is 4. The van der Waals surface area contributed by atoms with Gasteiger partial charge in [0.15, 0.2) is 5.65 Å². The molecule has 0 atom stereocenters. The number of likely N-dealkylation sites (tertiary alicyclic amines) is 1. The molecule has 6 rings (SSSR count). The van der Waals surface area contributed by atoms with Crippen LogP contribution in [-0.4, -0.2) is 63.8 Å². The summed E-state index contributed by atoms with van der Waals surface area (Å²) in [5.74, 6) is -0.539. The van der Waals surface area contributed by atoms with Gasteiger partial charge >= 0.3 is 0 Å². The van der Waals surface area contributed by atoms with Gasteiger partial charge in [0.05, 0.1) is 17.3 Å². The minimum Gasteiger partial charge on any atom is -0.381 e. The van der Waals surface area contributed by atoms with Gasteiger partial charge in [0.2, 0.25) is 11.8 Å². The Morgan fingerprint density at radius 3 is 2.45 bits per heavy atom. The molecule has 0 unspecified atom stereocenters. The molecule has 0 radical (unpaired) electrons. The molecule has 10 nitrogen and oxygen atoms in total. The normalized spacial score (nSPS) is 15.6. The molecule has 2 aliphatic heterocycles. The van der Waals surface area contributed by atoms with Crippen LogP contribution < -0.4 is 16.0 Å². The first kappa shape index (κ1) is 36.4. The number of hydrogen-bond donors (Lipinski definition) is 3. The van der Waals surface area contributed by atoms with E-state index in [1.165, 1.54) is 30.9 Å². The Morgan fingerprint density at radius 2 is 1.71 bits per heavy atom. The van der Waals surface area contributed by atoms with Crippen LogP contribution in [0.2, 0.25) is 0 Å². The highest BCUT2D eigenvalue weighted by Crippen LogP contribution is 2.31. The van der Waals surface area contributed by atoms with E-state index >= 15 is 0 Å². The minimum absolute atomic E-state index is 0.114. The average Bonchev–Trinajstić information content (AvgIpc) is 3.57. The number of amides is 2. The van der Waals surface area contributed by atoms with Crippen LogP contribution in [0.5, 0.6) is 0 Å². The molecule has 0 spiro atoms. The second kappa shape index (κ2) is 17.7. The van der Waals surface area contributed by atoms with E-state index in [2.05, 4.69) is 51.9 Å². The third-order valence-electron chi connectivity index (χ3n) is 10.1. The topological polar surface area (TPSA) is 113 Å². The van der Waals surface area contributed by atoms with E-state index in [0.29, 0.717) is 25.1 Å². The maximum Gasteiger partial charge on any atom is 0.220 e. The van der Waals surface area contributed by atoms with Crippen molar-refractivity contribution in [1.82, 2.24) is 30.3 Å². The molecule has 2 amide bonds. The molecule has 4 aromatic rings.